The van der Waals surface area contributed by atoms with Gasteiger partial charge in [-0.3, -0.25) is 4.79 Å². The number of amides is 1. The lowest BCUT2D eigenvalue weighted by atomic mass is 9.75. The molecule has 0 spiro atoms. The Bertz CT molecular complexity index is 237. The number of nitrogens with one attached hydrogen (secondary N) is 2. The van der Waals surface area contributed by atoms with Crippen LogP contribution >= 0.6 is 0 Å². The van der Waals surface area contributed by atoms with E-state index in [0.29, 0.717) is 0 Å². The summed E-state index contributed by atoms with van der Waals surface area (Å²) >= 11 is 0. The third-order valence-electron chi connectivity index (χ3n) is 3.50. The molecule has 94 valence electrons. The van der Waals surface area contributed by atoms with Crippen molar-refractivity contribution in [2.45, 2.75) is 47.0 Å². The summed E-state index contributed by atoms with van der Waals surface area (Å²) in [6.07, 6.45) is 2.89. The smallest absolute Gasteiger partial charge is 0.226 e. The summed E-state index contributed by atoms with van der Waals surface area (Å²) in [6, 6.07) is 0. The monoisotopic (exact) mass is 226 g/mol. The average Bonchev–Trinajstić information content (AvgIpc) is 2.25. The van der Waals surface area contributed by atoms with Gasteiger partial charge in [0.15, 0.2) is 0 Å². The number of hydrogen-bond donors (Lipinski definition) is 2. The first-order chi connectivity index (χ1) is 7.40. The first-order valence-corrected chi connectivity index (χ1v) is 6.39. The predicted octanol–water partition coefficient (Wildman–Crippen LogP) is 1.93. The zero-order chi connectivity index (χ0) is 12.2. The Kier molecular flexibility index (Phi) is 4.36. The van der Waals surface area contributed by atoms with E-state index in [0.717, 1.165) is 38.9 Å². The standard InChI is InChI=1S/C13H26N2O/c1-5-13(6-8-14-9-7-13)11(16)15-10-12(2,3)4/h14H,5-10H2,1-4H3,(H,15,16). The molecule has 0 aliphatic carbocycles. The second kappa shape index (κ2) is 5.17. The highest BCUT2D eigenvalue weighted by Gasteiger charge is 2.37. The van der Waals surface area contributed by atoms with E-state index in [-0.39, 0.29) is 16.7 Å². The molecule has 1 saturated heterocycles. The lowest BCUT2D eigenvalue weighted by molar-refractivity contribution is -0.133. The zero-order valence-electron chi connectivity index (χ0n) is 11.2. The summed E-state index contributed by atoms with van der Waals surface area (Å²) in [7, 11) is 0. The third-order valence-corrected chi connectivity index (χ3v) is 3.50. The van der Waals surface area contributed by atoms with E-state index < -0.39 is 0 Å². The Morgan fingerprint density at radius 1 is 1.31 bits per heavy atom. The number of hydrogen-bond acceptors (Lipinski definition) is 2. The molecular formula is C13H26N2O. The van der Waals surface area contributed by atoms with Crippen LogP contribution in [-0.2, 0) is 4.79 Å². The van der Waals surface area contributed by atoms with E-state index in [9.17, 15) is 4.79 Å². The summed E-state index contributed by atoms with van der Waals surface area (Å²) in [5.74, 6) is 0.256. The summed E-state index contributed by atoms with van der Waals surface area (Å²) < 4.78 is 0. The van der Waals surface area contributed by atoms with Gasteiger partial charge in [-0.25, -0.2) is 0 Å². The molecule has 1 amide bonds. The number of carbonyl (C=O) groups is 1. The molecule has 0 unspecified atom stereocenters. The second-order valence-electron chi connectivity index (χ2n) is 6.13. The number of piperidine rings is 1. The number of carbonyl (C=O) groups excluding carboxylic acids is 1. The molecule has 3 nitrogen and oxygen atoms in total. The van der Waals surface area contributed by atoms with Gasteiger partial charge in [-0.05, 0) is 37.8 Å². The van der Waals surface area contributed by atoms with E-state index in [1.165, 1.54) is 0 Å². The highest BCUT2D eigenvalue weighted by Crippen LogP contribution is 2.32. The third kappa shape index (κ3) is 3.48. The van der Waals surface area contributed by atoms with Crippen LogP contribution in [0, 0.1) is 10.8 Å². The van der Waals surface area contributed by atoms with E-state index in [4.69, 9.17) is 0 Å². The molecule has 1 rings (SSSR count). The zero-order valence-corrected chi connectivity index (χ0v) is 11.2. The Morgan fingerprint density at radius 2 is 1.88 bits per heavy atom. The minimum atomic E-state index is -0.115. The van der Waals surface area contributed by atoms with Crippen LogP contribution in [0.25, 0.3) is 0 Å². The fourth-order valence-electron chi connectivity index (χ4n) is 2.18. The van der Waals surface area contributed by atoms with Crippen LogP contribution in [0.1, 0.15) is 47.0 Å². The molecular weight excluding hydrogens is 200 g/mol. The normalized spacial score (nSPS) is 20.5. The summed E-state index contributed by atoms with van der Waals surface area (Å²) in [6.45, 7) is 11.3. The summed E-state index contributed by atoms with van der Waals surface area (Å²) in [5.41, 5.74) is 0.0496. The molecule has 1 heterocycles. The topological polar surface area (TPSA) is 41.1 Å². The molecule has 0 radical (unpaired) electrons. The minimum Gasteiger partial charge on any atom is -0.355 e. The Morgan fingerprint density at radius 3 is 2.31 bits per heavy atom. The van der Waals surface area contributed by atoms with Gasteiger partial charge in [0.1, 0.15) is 0 Å². The van der Waals surface area contributed by atoms with Crippen LogP contribution in [0.5, 0.6) is 0 Å². The molecule has 1 aliphatic heterocycles. The van der Waals surface area contributed by atoms with Crippen LogP contribution in [0.4, 0.5) is 0 Å². The molecule has 1 fully saturated rings. The largest absolute Gasteiger partial charge is 0.355 e. The number of rotatable bonds is 3. The van der Waals surface area contributed by atoms with E-state index >= 15 is 0 Å². The highest BCUT2D eigenvalue weighted by molar-refractivity contribution is 5.82. The molecule has 0 bridgehead atoms. The van der Waals surface area contributed by atoms with Crippen molar-refractivity contribution in [1.82, 2.24) is 10.6 Å². The predicted molar refractivity (Wildman–Crippen MR) is 67.3 cm³/mol. The first-order valence-electron chi connectivity index (χ1n) is 6.39. The fourth-order valence-corrected chi connectivity index (χ4v) is 2.18. The van der Waals surface area contributed by atoms with Gasteiger partial charge in [0.05, 0.1) is 5.41 Å². The van der Waals surface area contributed by atoms with Crippen LogP contribution in [0.2, 0.25) is 0 Å². The Hall–Kier alpha value is -0.570. The maximum Gasteiger partial charge on any atom is 0.226 e. The second-order valence-corrected chi connectivity index (χ2v) is 6.13. The van der Waals surface area contributed by atoms with Gasteiger partial charge in [0, 0.05) is 6.54 Å². The van der Waals surface area contributed by atoms with Crippen LogP contribution in [0.15, 0.2) is 0 Å². The molecule has 0 aromatic rings. The van der Waals surface area contributed by atoms with Crippen molar-refractivity contribution in [3.63, 3.8) is 0 Å². The van der Waals surface area contributed by atoms with Crippen LogP contribution in [-0.4, -0.2) is 25.5 Å². The highest BCUT2D eigenvalue weighted by atomic mass is 16.2. The van der Waals surface area contributed by atoms with Gasteiger partial charge in [0.25, 0.3) is 0 Å². The quantitative estimate of drug-likeness (QED) is 0.772. The molecule has 0 saturated carbocycles. The van der Waals surface area contributed by atoms with Crippen molar-refractivity contribution in [1.29, 1.82) is 0 Å². The molecule has 0 atom stereocenters. The molecule has 1 aliphatic rings. The molecule has 0 aromatic heterocycles. The maximum atomic E-state index is 12.3. The lowest BCUT2D eigenvalue weighted by Crippen LogP contribution is -2.48. The van der Waals surface area contributed by atoms with Gasteiger partial charge in [-0.1, -0.05) is 27.7 Å². The summed E-state index contributed by atoms with van der Waals surface area (Å²) in [5, 5.41) is 6.44. The van der Waals surface area contributed by atoms with Gasteiger partial charge in [-0.2, -0.15) is 0 Å². The Balaban J connectivity index is 2.55. The van der Waals surface area contributed by atoms with Crippen molar-refractivity contribution in [2.24, 2.45) is 10.8 Å². The van der Waals surface area contributed by atoms with Crippen molar-refractivity contribution >= 4 is 5.91 Å². The molecule has 3 heteroatoms. The van der Waals surface area contributed by atoms with E-state index in [1.807, 2.05) is 0 Å². The van der Waals surface area contributed by atoms with E-state index in [1.54, 1.807) is 0 Å². The van der Waals surface area contributed by atoms with Crippen molar-refractivity contribution in [3.8, 4) is 0 Å². The maximum absolute atomic E-state index is 12.3. The molecule has 0 aromatic carbocycles. The SMILES string of the molecule is CCC1(C(=O)NCC(C)(C)C)CCNCC1. The van der Waals surface area contributed by atoms with Crippen LogP contribution in [0.3, 0.4) is 0 Å². The van der Waals surface area contributed by atoms with Crippen molar-refractivity contribution in [3.05, 3.63) is 0 Å². The Labute approximate surface area is 99.4 Å². The average molecular weight is 226 g/mol. The molecule has 16 heavy (non-hydrogen) atoms. The van der Waals surface area contributed by atoms with Gasteiger partial charge in [-0.15, -0.1) is 0 Å². The first kappa shape index (κ1) is 13.5. The van der Waals surface area contributed by atoms with Gasteiger partial charge >= 0.3 is 0 Å². The van der Waals surface area contributed by atoms with Gasteiger partial charge < -0.3 is 10.6 Å². The van der Waals surface area contributed by atoms with Gasteiger partial charge in [0.2, 0.25) is 5.91 Å². The fraction of sp³-hybridized carbons (Fsp3) is 0.923. The van der Waals surface area contributed by atoms with Crippen molar-refractivity contribution in [2.75, 3.05) is 19.6 Å². The van der Waals surface area contributed by atoms with Crippen molar-refractivity contribution < 1.29 is 4.79 Å². The van der Waals surface area contributed by atoms with E-state index in [2.05, 4.69) is 38.3 Å². The van der Waals surface area contributed by atoms with Crippen LogP contribution < -0.4 is 10.6 Å². The lowest BCUT2D eigenvalue weighted by Gasteiger charge is -2.36. The summed E-state index contributed by atoms with van der Waals surface area (Å²) in [4.78, 5) is 12.3. The minimum absolute atomic E-state index is 0.115. The molecule has 2 N–H and O–H groups in total.